The fraction of sp³-hybridized carbons (Fsp3) is 0.556. The van der Waals surface area contributed by atoms with Gasteiger partial charge in [-0.1, -0.05) is 60.6 Å². The number of Topliss-reactive ketones (excluding diaryl/α,β-unsaturated/α-hetero) is 2. The van der Waals surface area contributed by atoms with Crippen molar-refractivity contribution < 1.29 is 42.7 Å². The lowest BCUT2D eigenvalue weighted by Gasteiger charge is -2.31. The standard InChI is InChI=1S/C26H35O7P.C10H14O2/c1-17(15-26(2,3)4)16-34(29,24(27)22-18(30-5)11-9-12-19(22)31-6)25(28)23-20(32-7)13-10-14-21(23)33-8;1-9(2)6-4-5-10(9,3)8(12)7(6)11/h9-14,17H,15-16H2,1-8H3;6H,4-5H2,1-3H3. The number of carbonyl (C=O) groups excluding carboxylic acids is 4. The summed E-state index contributed by atoms with van der Waals surface area (Å²) in [5, 5.41) is 0. The van der Waals surface area contributed by atoms with E-state index in [9.17, 15) is 23.7 Å². The number of carbonyl (C=O) groups is 4. The van der Waals surface area contributed by atoms with Crippen LogP contribution in [0.15, 0.2) is 36.4 Å². The molecule has 2 aromatic rings. The first-order valence-corrected chi connectivity index (χ1v) is 17.4. The molecule has 2 aromatic carbocycles. The first-order valence-electron chi connectivity index (χ1n) is 15.5. The van der Waals surface area contributed by atoms with Crippen LogP contribution in [0.1, 0.15) is 88.4 Å². The zero-order valence-electron chi connectivity index (χ0n) is 29.1. The van der Waals surface area contributed by atoms with Crippen LogP contribution in [-0.2, 0) is 14.2 Å². The third-order valence-corrected chi connectivity index (χ3v) is 12.6. The average molecular weight is 657 g/mol. The van der Waals surface area contributed by atoms with Gasteiger partial charge in [0.15, 0.2) is 0 Å². The maximum absolute atomic E-state index is 14.7. The molecule has 3 unspecified atom stereocenters. The minimum Gasteiger partial charge on any atom is -0.496 e. The van der Waals surface area contributed by atoms with Crippen LogP contribution in [-0.4, -0.2) is 57.2 Å². The maximum Gasteiger partial charge on any atom is 0.236 e. The molecule has 0 amide bonds. The molecule has 0 spiro atoms. The van der Waals surface area contributed by atoms with Crippen LogP contribution in [0.4, 0.5) is 0 Å². The lowest BCUT2D eigenvalue weighted by atomic mass is 9.70. The van der Waals surface area contributed by atoms with Crippen LogP contribution < -0.4 is 18.9 Å². The van der Waals surface area contributed by atoms with E-state index in [0.717, 1.165) is 12.8 Å². The zero-order chi connectivity index (χ0) is 34.8. The Morgan fingerprint density at radius 2 is 1.22 bits per heavy atom. The zero-order valence-corrected chi connectivity index (χ0v) is 30.0. The first kappa shape index (κ1) is 37.0. The largest absolute Gasteiger partial charge is 0.496 e. The SMILES string of the molecule is CC12CCC(C(=O)C1=O)C2(C)C.COc1cccc(OC)c1C(=O)P(=O)(CC(C)CC(C)(C)C)C(=O)c1c(OC)cccc1OC. The van der Waals surface area contributed by atoms with Gasteiger partial charge in [0, 0.05) is 17.5 Å². The normalized spacial score (nSPS) is 20.8. The van der Waals surface area contributed by atoms with Crippen molar-refractivity contribution in [1.82, 2.24) is 0 Å². The summed E-state index contributed by atoms with van der Waals surface area (Å²) in [5.74, 6) is 0.342. The number of benzene rings is 2. The second-order valence-corrected chi connectivity index (χ2v) is 17.0. The minimum atomic E-state index is -4.25. The predicted molar refractivity (Wildman–Crippen MR) is 178 cm³/mol. The third kappa shape index (κ3) is 6.67. The van der Waals surface area contributed by atoms with E-state index in [4.69, 9.17) is 18.9 Å². The first-order chi connectivity index (χ1) is 21.3. The summed E-state index contributed by atoms with van der Waals surface area (Å²) in [6.07, 6.45) is 2.37. The van der Waals surface area contributed by atoms with Gasteiger partial charge in [0.2, 0.25) is 29.8 Å². The number of fused-ring (bicyclic) bond motifs is 2. The van der Waals surface area contributed by atoms with Crippen molar-refractivity contribution in [2.75, 3.05) is 34.6 Å². The molecular formula is C36H49O9P. The molecule has 2 aliphatic carbocycles. The van der Waals surface area contributed by atoms with Gasteiger partial charge in [0.25, 0.3) is 0 Å². The summed E-state index contributed by atoms with van der Waals surface area (Å²) < 4.78 is 36.2. The fourth-order valence-corrected chi connectivity index (χ4v) is 9.77. The Balaban J connectivity index is 0.000000396. The topological polar surface area (TPSA) is 122 Å². The molecule has 2 fully saturated rings. The maximum atomic E-state index is 14.7. The van der Waals surface area contributed by atoms with Gasteiger partial charge >= 0.3 is 0 Å². The van der Waals surface area contributed by atoms with E-state index < -0.39 is 18.2 Å². The van der Waals surface area contributed by atoms with Crippen molar-refractivity contribution in [2.24, 2.45) is 28.1 Å². The van der Waals surface area contributed by atoms with Crippen molar-refractivity contribution in [3.63, 3.8) is 0 Å². The lowest BCUT2D eigenvalue weighted by Crippen LogP contribution is -2.33. The molecule has 0 heterocycles. The van der Waals surface area contributed by atoms with Crippen LogP contribution in [0, 0.1) is 28.1 Å². The quantitative estimate of drug-likeness (QED) is 0.177. The second kappa shape index (κ2) is 13.7. The molecular weight excluding hydrogens is 607 g/mol. The summed E-state index contributed by atoms with van der Waals surface area (Å²) in [5.41, 5.74) is -2.17. The molecule has 2 saturated carbocycles. The Morgan fingerprint density at radius 1 is 0.826 bits per heavy atom. The Hall–Kier alpha value is -3.45. The van der Waals surface area contributed by atoms with Crippen molar-refractivity contribution in [1.29, 1.82) is 0 Å². The summed E-state index contributed by atoms with van der Waals surface area (Å²) >= 11 is 0. The van der Waals surface area contributed by atoms with E-state index >= 15 is 0 Å². The highest BCUT2D eigenvalue weighted by molar-refractivity contribution is 7.95. The molecule has 252 valence electrons. The highest BCUT2D eigenvalue weighted by atomic mass is 31.2. The number of ether oxygens (including phenoxy) is 4. The van der Waals surface area contributed by atoms with Crippen molar-refractivity contribution in [2.45, 2.75) is 67.7 Å². The molecule has 2 aliphatic rings. The van der Waals surface area contributed by atoms with Crippen LogP contribution in [0.5, 0.6) is 23.0 Å². The molecule has 10 heteroatoms. The summed E-state index contributed by atoms with van der Waals surface area (Å²) in [6.45, 7) is 14.1. The van der Waals surface area contributed by atoms with Crippen molar-refractivity contribution in [3.8, 4) is 23.0 Å². The number of ketones is 2. The van der Waals surface area contributed by atoms with Crippen LogP contribution in [0.3, 0.4) is 0 Å². The molecule has 9 nitrogen and oxygen atoms in total. The van der Waals surface area contributed by atoms with E-state index in [1.54, 1.807) is 36.4 Å². The molecule has 0 aliphatic heterocycles. The molecule has 0 N–H and O–H groups in total. The Kier molecular flexibility index (Phi) is 11.0. The molecule has 3 atom stereocenters. The Morgan fingerprint density at radius 3 is 1.48 bits per heavy atom. The van der Waals surface area contributed by atoms with Gasteiger partial charge in [-0.05, 0) is 60.3 Å². The van der Waals surface area contributed by atoms with Gasteiger partial charge in [-0.15, -0.1) is 0 Å². The second-order valence-electron chi connectivity index (χ2n) is 14.3. The highest BCUT2D eigenvalue weighted by Crippen LogP contribution is 2.62. The molecule has 0 radical (unpaired) electrons. The van der Waals surface area contributed by atoms with Gasteiger partial charge in [-0.25, -0.2) is 0 Å². The van der Waals surface area contributed by atoms with E-state index in [1.165, 1.54) is 28.4 Å². The average Bonchev–Trinajstić information content (AvgIpc) is 3.31. The molecule has 0 saturated heterocycles. The molecule has 2 bridgehead atoms. The number of rotatable bonds is 11. The van der Waals surface area contributed by atoms with Gasteiger partial charge in [0.05, 0.1) is 28.4 Å². The van der Waals surface area contributed by atoms with Crippen molar-refractivity contribution >= 4 is 29.8 Å². The summed E-state index contributed by atoms with van der Waals surface area (Å²) in [4.78, 5) is 51.0. The smallest absolute Gasteiger partial charge is 0.236 e. The molecule has 0 aromatic heterocycles. The molecule has 4 rings (SSSR count). The van der Waals surface area contributed by atoms with Gasteiger partial charge in [0.1, 0.15) is 34.1 Å². The number of methoxy groups -OCH3 is 4. The van der Waals surface area contributed by atoms with Gasteiger partial charge in [-0.2, -0.15) is 0 Å². The number of hydrogen-bond acceptors (Lipinski definition) is 9. The van der Waals surface area contributed by atoms with Crippen LogP contribution in [0.25, 0.3) is 0 Å². The highest BCUT2D eigenvalue weighted by Gasteiger charge is 2.66. The third-order valence-electron chi connectivity index (χ3n) is 9.74. The Bertz CT molecular complexity index is 1430. The van der Waals surface area contributed by atoms with Gasteiger partial charge in [-0.3, -0.25) is 19.2 Å². The van der Waals surface area contributed by atoms with E-state index in [2.05, 4.69) is 20.8 Å². The lowest BCUT2D eigenvalue weighted by molar-refractivity contribution is -0.141. The summed E-state index contributed by atoms with van der Waals surface area (Å²) in [7, 11) is 1.38. The predicted octanol–water partition coefficient (Wildman–Crippen LogP) is 7.72. The van der Waals surface area contributed by atoms with E-state index in [1.807, 2.05) is 27.7 Å². The van der Waals surface area contributed by atoms with E-state index in [0.29, 0.717) is 6.42 Å². The Labute approximate surface area is 273 Å². The minimum absolute atomic E-state index is 0.00926. The van der Waals surface area contributed by atoms with Crippen LogP contribution >= 0.6 is 7.14 Å². The van der Waals surface area contributed by atoms with Gasteiger partial charge < -0.3 is 23.5 Å². The fourth-order valence-electron chi connectivity index (χ4n) is 7.09. The molecule has 46 heavy (non-hydrogen) atoms. The number of hydrogen-bond donors (Lipinski definition) is 0. The van der Waals surface area contributed by atoms with E-state index in [-0.39, 0.29) is 79.9 Å². The monoisotopic (exact) mass is 656 g/mol. The summed E-state index contributed by atoms with van der Waals surface area (Å²) in [6, 6.07) is 9.62. The van der Waals surface area contributed by atoms with Crippen molar-refractivity contribution in [3.05, 3.63) is 47.5 Å². The van der Waals surface area contributed by atoms with Crippen LogP contribution in [0.2, 0.25) is 0 Å².